The van der Waals surface area contributed by atoms with Crippen molar-refractivity contribution in [2.75, 3.05) is 19.8 Å². The lowest BCUT2D eigenvalue weighted by molar-refractivity contribution is -0.302. The zero-order valence-corrected chi connectivity index (χ0v) is 55.4. The summed E-state index contributed by atoms with van der Waals surface area (Å²) in [6, 6.07) is -0.805. The molecule has 84 heavy (non-hydrogen) atoms. The number of hydrogen-bond donors (Lipinski definition) is 6. The number of ether oxygens (including phenoxy) is 3. The van der Waals surface area contributed by atoms with Gasteiger partial charge in [-0.3, -0.25) is 9.59 Å². The van der Waals surface area contributed by atoms with Crippen LogP contribution in [0.25, 0.3) is 0 Å². The second-order valence-electron chi connectivity index (χ2n) is 26.0. The Labute approximate surface area is 519 Å². The fraction of sp³-hybridized carbons (Fsp3) is 0.945. The number of carbonyl (C=O) groups is 2. The summed E-state index contributed by atoms with van der Waals surface area (Å²) in [7, 11) is 0. The predicted molar refractivity (Wildman–Crippen MR) is 352 cm³/mol. The topological polar surface area (TPSA) is 175 Å². The van der Waals surface area contributed by atoms with Crippen LogP contribution < -0.4 is 5.32 Å². The molecule has 0 aliphatic carbocycles. The summed E-state index contributed by atoms with van der Waals surface area (Å²) in [6.45, 7) is 4.38. The Hall–Kier alpha value is -1.60. The van der Waals surface area contributed by atoms with E-state index in [1.807, 2.05) is 6.08 Å². The number of amides is 1. The van der Waals surface area contributed by atoms with Crippen molar-refractivity contribution in [1.82, 2.24) is 5.32 Å². The van der Waals surface area contributed by atoms with Gasteiger partial charge in [-0.2, -0.15) is 0 Å². The molecule has 7 atom stereocenters. The number of unbranched alkanes of at least 4 members (excludes halogenated alkanes) is 52. The lowest BCUT2D eigenvalue weighted by atomic mass is 9.99. The van der Waals surface area contributed by atoms with Crippen LogP contribution in [0.5, 0.6) is 0 Å². The van der Waals surface area contributed by atoms with Crippen LogP contribution in [-0.4, -0.2) is 100 Å². The summed E-state index contributed by atoms with van der Waals surface area (Å²) in [5.74, 6) is -0.159. The van der Waals surface area contributed by atoms with Crippen LogP contribution in [-0.2, 0) is 23.8 Å². The molecule has 11 heteroatoms. The number of esters is 1. The SMILES string of the molecule is CCCCCCCCCCC/C=C/C(O)C(COC1OC(CO)C(O)C(O)C1O)NC(=O)CCCCCCCCCCCCCCCCCCCCCCCCCCCCCCCCCCCOC(=O)CCCCCCCCCCCCCC. The molecule has 0 saturated carbocycles. The van der Waals surface area contributed by atoms with Crippen LogP contribution in [0.4, 0.5) is 0 Å². The second kappa shape index (κ2) is 63.0. The van der Waals surface area contributed by atoms with Crippen molar-refractivity contribution in [3.8, 4) is 0 Å². The summed E-state index contributed by atoms with van der Waals surface area (Å²) >= 11 is 0. The van der Waals surface area contributed by atoms with E-state index in [9.17, 15) is 35.1 Å². The Morgan fingerprint density at radius 3 is 1.11 bits per heavy atom. The zero-order valence-electron chi connectivity index (χ0n) is 55.4. The lowest BCUT2D eigenvalue weighted by Crippen LogP contribution is -2.60. The normalized spacial score (nSPS) is 18.0. The fourth-order valence-corrected chi connectivity index (χ4v) is 12.1. The van der Waals surface area contributed by atoms with E-state index in [1.165, 1.54) is 302 Å². The van der Waals surface area contributed by atoms with Crippen molar-refractivity contribution >= 4 is 11.9 Å². The maximum absolute atomic E-state index is 13.1. The first kappa shape index (κ1) is 80.4. The van der Waals surface area contributed by atoms with Crippen molar-refractivity contribution in [2.45, 2.75) is 423 Å². The minimum absolute atomic E-state index is 0.0159. The number of allylic oxidation sites excluding steroid dienone is 1. The Kier molecular flexibility index (Phi) is 60.3. The molecule has 0 aromatic rings. The summed E-state index contributed by atoms with van der Waals surface area (Å²) in [6.07, 6.45) is 68.0. The van der Waals surface area contributed by atoms with Gasteiger partial charge in [-0.05, 0) is 32.1 Å². The highest BCUT2D eigenvalue weighted by atomic mass is 16.7. The Bertz CT molecular complexity index is 1400. The van der Waals surface area contributed by atoms with E-state index < -0.39 is 49.5 Å². The quantitative estimate of drug-likeness (QED) is 0.0195. The number of aliphatic hydroxyl groups is 5. The van der Waals surface area contributed by atoms with Crippen LogP contribution in [0.2, 0.25) is 0 Å². The second-order valence-corrected chi connectivity index (χ2v) is 26.0. The number of nitrogens with one attached hydrogen (secondary N) is 1. The van der Waals surface area contributed by atoms with Crippen LogP contribution in [0.15, 0.2) is 12.2 Å². The molecule has 0 spiro atoms. The summed E-state index contributed by atoms with van der Waals surface area (Å²) in [4.78, 5) is 25.1. The predicted octanol–water partition coefficient (Wildman–Crippen LogP) is 19.0. The van der Waals surface area contributed by atoms with Crippen molar-refractivity contribution in [3.05, 3.63) is 12.2 Å². The first-order valence-corrected chi connectivity index (χ1v) is 37.0. The standard InChI is InChI=1S/C73H141NO10/c1-3-5-7-9-11-13-15-41-45-49-53-57-61-69(78)82-62-58-54-50-46-42-38-36-34-32-30-28-26-24-22-20-18-16-17-19-21-23-25-27-29-31-33-35-37-40-44-48-52-56-60-68(77)74-65(64-83-73-72(81)71(80)70(79)67(63-75)84-73)66(76)59-55-51-47-43-39-14-12-10-8-6-4-2/h55,59,65-67,70-73,75-76,79-81H,3-54,56-58,60-64H2,1-2H3,(H,74,77)/b59-55+. The molecule has 0 aromatic carbocycles. The average molecular weight is 1190 g/mol. The Morgan fingerprint density at radius 2 is 0.750 bits per heavy atom. The van der Waals surface area contributed by atoms with Crippen LogP contribution in [0, 0.1) is 0 Å². The highest BCUT2D eigenvalue weighted by molar-refractivity contribution is 5.76. The molecule has 0 radical (unpaired) electrons. The Balaban J connectivity index is 1.90. The van der Waals surface area contributed by atoms with E-state index in [1.54, 1.807) is 6.08 Å². The van der Waals surface area contributed by atoms with E-state index in [4.69, 9.17) is 14.2 Å². The van der Waals surface area contributed by atoms with E-state index in [0.29, 0.717) is 19.4 Å². The molecule has 498 valence electrons. The van der Waals surface area contributed by atoms with Crippen molar-refractivity contribution in [2.24, 2.45) is 0 Å². The van der Waals surface area contributed by atoms with E-state index in [-0.39, 0.29) is 18.5 Å². The van der Waals surface area contributed by atoms with Gasteiger partial charge in [-0.15, -0.1) is 0 Å². The average Bonchev–Trinajstić information content (AvgIpc) is 3.27. The van der Waals surface area contributed by atoms with Crippen molar-refractivity contribution in [3.63, 3.8) is 0 Å². The van der Waals surface area contributed by atoms with Crippen LogP contribution in [0.3, 0.4) is 0 Å². The third-order valence-corrected chi connectivity index (χ3v) is 17.9. The molecular formula is C73H141NO10. The fourth-order valence-electron chi connectivity index (χ4n) is 12.1. The highest BCUT2D eigenvalue weighted by Gasteiger charge is 2.44. The van der Waals surface area contributed by atoms with Gasteiger partial charge in [0.2, 0.25) is 5.91 Å². The monoisotopic (exact) mass is 1190 g/mol. The molecule has 6 N–H and O–H groups in total. The van der Waals surface area contributed by atoms with E-state index in [0.717, 1.165) is 51.4 Å². The van der Waals surface area contributed by atoms with Gasteiger partial charge >= 0.3 is 5.97 Å². The molecule has 7 unspecified atom stereocenters. The number of carbonyl (C=O) groups excluding carboxylic acids is 2. The summed E-state index contributed by atoms with van der Waals surface area (Å²) in [5.41, 5.74) is 0. The largest absolute Gasteiger partial charge is 0.466 e. The highest BCUT2D eigenvalue weighted by Crippen LogP contribution is 2.24. The maximum atomic E-state index is 13.1. The van der Waals surface area contributed by atoms with Gasteiger partial charge < -0.3 is 45.1 Å². The van der Waals surface area contributed by atoms with E-state index >= 15 is 0 Å². The number of hydrogen-bond acceptors (Lipinski definition) is 10. The first-order valence-electron chi connectivity index (χ1n) is 37.0. The lowest BCUT2D eigenvalue weighted by Gasteiger charge is -2.40. The number of aliphatic hydroxyl groups excluding tert-OH is 5. The summed E-state index contributed by atoms with van der Waals surface area (Å²) in [5, 5.41) is 54.4. The molecule has 1 heterocycles. The van der Waals surface area contributed by atoms with Crippen molar-refractivity contribution in [1.29, 1.82) is 0 Å². The third kappa shape index (κ3) is 51.3. The number of rotatable bonds is 66. The van der Waals surface area contributed by atoms with Gasteiger partial charge in [0, 0.05) is 12.8 Å². The third-order valence-electron chi connectivity index (χ3n) is 17.9. The van der Waals surface area contributed by atoms with Gasteiger partial charge in [0.15, 0.2) is 6.29 Å². The van der Waals surface area contributed by atoms with Crippen LogP contribution in [0.1, 0.15) is 380 Å². The molecule has 0 bridgehead atoms. The molecule has 1 fully saturated rings. The maximum Gasteiger partial charge on any atom is 0.305 e. The van der Waals surface area contributed by atoms with Gasteiger partial charge in [-0.25, -0.2) is 0 Å². The van der Waals surface area contributed by atoms with Crippen molar-refractivity contribution < 1.29 is 49.3 Å². The molecule has 1 amide bonds. The molecule has 1 aliphatic heterocycles. The zero-order chi connectivity index (χ0) is 60.9. The summed E-state index contributed by atoms with van der Waals surface area (Å²) < 4.78 is 16.7. The Morgan fingerprint density at radius 1 is 0.429 bits per heavy atom. The first-order chi connectivity index (χ1) is 41.2. The molecule has 1 rings (SSSR count). The molecule has 0 aromatic heterocycles. The molecule has 1 aliphatic rings. The van der Waals surface area contributed by atoms with Gasteiger partial charge in [-0.1, -0.05) is 347 Å². The van der Waals surface area contributed by atoms with Gasteiger partial charge in [0.25, 0.3) is 0 Å². The van der Waals surface area contributed by atoms with E-state index in [2.05, 4.69) is 19.2 Å². The van der Waals surface area contributed by atoms with Gasteiger partial charge in [0.1, 0.15) is 24.4 Å². The van der Waals surface area contributed by atoms with Gasteiger partial charge in [0.05, 0.1) is 32.0 Å². The minimum Gasteiger partial charge on any atom is -0.466 e. The van der Waals surface area contributed by atoms with Crippen LogP contribution >= 0.6 is 0 Å². The molecule has 1 saturated heterocycles. The minimum atomic E-state index is -1.57. The molecular weight excluding hydrogens is 1050 g/mol. The smallest absolute Gasteiger partial charge is 0.305 e. The molecule has 11 nitrogen and oxygen atoms in total.